The molecule has 1 amide bonds. The summed E-state index contributed by atoms with van der Waals surface area (Å²) >= 11 is 5.90. The van der Waals surface area contributed by atoms with Crippen molar-refractivity contribution in [1.82, 2.24) is 15.0 Å². The van der Waals surface area contributed by atoms with Gasteiger partial charge >= 0.3 is 5.97 Å². The molecule has 0 aliphatic heterocycles. The fourth-order valence-electron chi connectivity index (χ4n) is 3.08. The summed E-state index contributed by atoms with van der Waals surface area (Å²) in [6.45, 7) is -0.0317. The van der Waals surface area contributed by atoms with Gasteiger partial charge in [0.15, 0.2) is 0 Å². The summed E-state index contributed by atoms with van der Waals surface area (Å²) < 4.78 is 20.6. The first-order valence-corrected chi connectivity index (χ1v) is 10.4. The number of methoxy groups -OCH3 is 3. The van der Waals surface area contributed by atoms with E-state index < -0.39 is 5.97 Å². The molecule has 0 unspecified atom stereocenters. The molecule has 0 radical (unpaired) electrons. The topological polar surface area (TPSA) is 104 Å². The number of hydrogen-bond acceptors (Lipinski definition) is 8. The van der Waals surface area contributed by atoms with Crippen molar-refractivity contribution >= 4 is 23.5 Å². The average molecular weight is 474 g/mol. The van der Waals surface area contributed by atoms with Gasteiger partial charge < -0.3 is 23.6 Å². The van der Waals surface area contributed by atoms with Crippen LogP contribution < -0.4 is 9.47 Å². The van der Waals surface area contributed by atoms with E-state index in [-0.39, 0.29) is 31.8 Å². The van der Waals surface area contributed by atoms with Gasteiger partial charge in [-0.25, -0.2) is 0 Å². The number of carbonyl (C=O) groups is 2. The lowest BCUT2D eigenvalue weighted by molar-refractivity contribution is -0.147. The number of hydrogen-bond donors (Lipinski definition) is 0. The van der Waals surface area contributed by atoms with E-state index in [4.69, 9.17) is 30.3 Å². The van der Waals surface area contributed by atoms with Crippen molar-refractivity contribution in [3.05, 3.63) is 58.9 Å². The lowest BCUT2D eigenvalue weighted by atomic mass is 10.1. The van der Waals surface area contributed by atoms with Crippen molar-refractivity contribution in [1.29, 1.82) is 0 Å². The SMILES string of the molecule is COC(=O)CN(Cc1cc(OC)cc(OC)c1)C(=O)CCc1nc(-c2ccc(Cl)cc2)no1. The molecule has 0 spiro atoms. The summed E-state index contributed by atoms with van der Waals surface area (Å²) in [5.74, 6) is 1.08. The number of nitrogens with zero attached hydrogens (tertiary/aromatic N) is 3. The number of ether oxygens (including phenoxy) is 3. The van der Waals surface area contributed by atoms with Gasteiger partial charge in [0.25, 0.3) is 0 Å². The van der Waals surface area contributed by atoms with E-state index in [1.54, 1.807) is 56.7 Å². The molecule has 0 aliphatic carbocycles. The van der Waals surface area contributed by atoms with Gasteiger partial charge in [-0.3, -0.25) is 9.59 Å². The monoisotopic (exact) mass is 473 g/mol. The van der Waals surface area contributed by atoms with Gasteiger partial charge in [0.1, 0.15) is 18.0 Å². The van der Waals surface area contributed by atoms with Gasteiger partial charge in [-0.05, 0) is 42.0 Å². The molecule has 0 atom stereocenters. The molecular weight excluding hydrogens is 450 g/mol. The summed E-state index contributed by atoms with van der Waals surface area (Å²) in [5.41, 5.74) is 1.49. The van der Waals surface area contributed by atoms with Crippen molar-refractivity contribution < 1.29 is 28.3 Å². The molecule has 33 heavy (non-hydrogen) atoms. The van der Waals surface area contributed by atoms with Crippen LogP contribution in [0.3, 0.4) is 0 Å². The Balaban J connectivity index is 1.69. The molecule has 0 saturated carbocycles. The molecule has 0 N–H and O–H groups in total. The fourth-order valence-corrected chi connectivity index (χ4v) is 3.20. The van der Waals surface area contributed by atoms with Crippen LogP contribution in [0.4, 0.5) is 0 Å². The Labute approximate surface area is 196 Å². The fraction of sp³-hybridized carbons (Fsp3) is 0.304. The van der Waals surface area contributed by atoms with Gasteiger partial charge in [-0.15, -0.1) is 0 Å². The van der Waals surface area contributed by atoms with Crippen LogP contribution in [0.2, 0.25) is 5.02 Å². The molecule has 1 heterocycles. The third-order valence-electron chi connectivity index (χ3n) is 4.81. The van der Waals surface area contributed by atoms with Gasteiger partial charge in [0.2, 0.25) is 17.6 Å². The lowest BCUT2D eigenvalue weighted by Crippen LogP contribution is -2.36. The summed E-state index contributed by atoms with van der Waals surface area (Å²) in [4.78, 5) is 30.6. The van der Waals surface area contributed by atoms with Crippen LogP contribution in [0, 0.1) is 0 Å². The molecule has 10 heteroatoms. The molecule has 0 aliphatic rings. The second-order valence-electron chi connectivity index (χ2n) is 7.07. The summed E-state index contributed by atoms with van der Waals surface area (Å²) in [7, 11) is 4.35. The molecule has 3 rings (SSSR count). The molecule has 9 nitrogen and oxygen atoms in total. The third-order valence-corrected chi connectivity index (χ3v) is 5.06. The first-order valence-electron chi connectivity index (χ1n) is 10.1. The predicted octanol–water partition coefficient (Wildman–Crippen LogP) is 3.54. The largest absolute Gasteiger partial charge is 0.497 e. The Kier molecular flexibility index (Phi) is 8.26. The highest BCUT2D eigenvalue weighted by Gasteiger charge is 2.20. The lowest BCUT2D eigenvalue weighted by Gasteiger charge is -2.22. The van der Waals surface area contributed by atoms with E-state index in [2.05, 4.69) is 10.1 Å². The first kappa shape index (κ1) is 24.1. The van der Waals surface area contributed by atoms with E-state index in [0.29, 0.717) is 28.2 Å². The number of benzene rings is 2. The quantitative estimate of drug-likeness (QED) is 0.412. The molecule has 0 bridgehead atoms. The summed E-state index contributed by atoms with van der Waals surface area (Å²) in [5, 5.41) is 4.55. The number of rotatable bonds is 10. The van der Waals surface area contributed by atoms with Gasteiger partial charge in [0.05, 0.1) is 21.3 Å². The number of aryl methyl sites for hydroxylation is 1. The molecule has 0 fully saturated rings. The number of aromatic nitrogens is 2. The minimum atomic E-state index is -0.527. The molecule has 2 aromatic carbocycles. The molecular formula is C23H24ClN3O6. The van der Waals surface area contributed by atoms with E-state index in [0.717, 1.165) is 11.1 Å². The minimum Gasteiger partial charge on any atom is -0.497 e. The van der Waals surface area contributed by atoms with Crippen LogP contribution in [0.5, 0.6) is 11.5 Å². The average Bonchev–Trinajstić information content (AvgIpc) is 3.31. The zero-order valence-corrected chi connectivity index (χ0v) is 19.3. The second kappa shape index (κ2) is 11.3. The number of esters is 1. The van der Waals surface area contributed by atoms with Crippen molar-refractivity contribution in [2.45, 2.75) is 19.4 Å². The molecule has 1 aromatic heterocycles. The molecule has 0 saturated heterocycles. The van der Waals surface area contributed by atoms with Crippen molar-refractivity contribution in [3.63, 3.8) is 0 Å². The maximum absolute atomic E-state index is 12.9. The zero-order valence-electron chi connectivity index (χ0n) is 18.5. The van der Waals surface area contributed by atoms with Gasteiger partial charge in [0, 0.05) is 36.0 Å². The highest BCUT2D eigenvalue weighted by molar-refractivity contribution is 6.30. The summed E-state index contributed by atoms with van der Waals surface area (Å²) in [6.07, 6.45) is 0.291. The zero-order chi connectivity index (χ0) is 23.8. The number of halogens is 1. The maximum Gasteiger partial charge on any atom is 0.325 e. The van der Waals surface area contributed by atoms with Crippen molar-refractivity contribution in [3.8, 4) is 22.9 Å². The van der Waals surface area contributed by atoms with Crippen LogP contribution >= 0.6 is 11.6 Å². The summed E-state index contributed by atoms with van der Waals surface area (Å²) in [6, 6.07) is 12.3. The highest BCUT2D eigenvalue weighted by atomic mass is 35.5. The van der Waals surface area contributed by atoms with Crippen LogP contribution in [0.15, 0.2) is 47.0 Å². The smallest absolute Gasteiger partial charge is 0.325 e. The van der Waals surface area contributed by atoms with E-state index >= 15 is 0 Å². The van der Waals surface area contributed by atoms with Gasteiger partial charge in [-0.2, -0.15) is 4.98 Å². The Bertz CT molecular complexity index is 1080. The standard InChI is InChI=1S/C23H24ClN3O6/c1-30-18-10-15(11-19(12-18)31-2)13-27(14-22(29)32-3)21(28)9-8-20-25-23(26-33-20)16-4-6-17(24)7-5-16/h4-7,10-12H,8-9,13-14H2,1-3H3. The van der Waals surface area contributed by atoms with E-state index in [1.807, 2.05) is 0 Å². The van der Waals surface area contributed by atoms with Crippen LogP contribution in [0.1, 0.15) is 17.9 Å². The highest BCUT2D eigenvalue weighted by Crippen LogP contribution is 2.24. The van der Waals surface area contributed by atoms with E-state index in [9.17, 15) is 9.59 Å². The van der Waals surface area contributed by atoms with E-state index in [1.165, 1.54) is 12.0 Å². The Hall–Kier alpha value is -3.59. The van der Waals surface area contributed by atoms with Crippen LogP contribution in [-0.2, 0) is 27.3 Å². The Morgan fingerprint density at radius 2 is 1.70 bits per heavy atom. The number of carbonyl (C=O) groups excluding carboxylic acids is 2. The van der Waals surface area contributed by atoms with Crippen molar-refractivity contribution in [2.75, 3.05) is 27.9 Å². The van der Waals surface area contributed by atoms with Crippen LogP contribution in [-0.4, -0.2) is 54.8 Å². The maximum atomic E-state index is 12.9. The normalized spacial score (nSPS) is 10.5. The predicted molar refractivity (Wildman–Crippen MR) is 120 cm³/mol. The van der Waals surface area contributed by atoms with Crippen molar-refractivity contribution in [2.24, 2.45) is 0 Å². The van der Waals surface area contributed by atoms with Gasteiger partial charge in [-0.1, -0.05) is 16.8 Å². The molecule has 174 valence electrons. The molecule has 3 aromatic rings. The number of amides is 1. The first-order chi connectivity index (χ1) is 15.9. The third kappa shape index (κ3) is 6.69. The minimum absolute atomic E-state index is 0.0698. The second-order valence-corrected chi connectivity index (χ2v) is 7.50. The Morgan fingerprint density at radius 1 is 1.03 bits per heavy atom. The van der Waals surface area contributed by atoms with Crippen LogP contribution in [0.25, 0.3) is 11.4 Å². The Morgan fingerprint density at radius 3 is 2.30 bits per heavy atom.